The molecule has 4 rings (SSSR count). The summed E-state index contributed by atoms with van der Waals surface area (Å²) in [5, 5.41) is 12.1. The van der Waals surface area contributed by atoms with Crippen molar-refractivity contribution in [3.63, 3.8) is 0 Å². The van der Waals surface area contributed by atoms with Gasteiger partial charge in [0.15, 0.2) is 0 Å². The van der Waals surface area contributed by atoms with E-state index >= 15 is 0 Å². The van der Waals surface area contributed by atoms with Gasteiger partial charge in [0.05, 0.1) is 17.9 Å². The van der Waals surface area contributed by atoms with E-state index in [0.29, 0.717) is 49.1 Å². The zero-order valence-corrected chi connectivity index (χ0v) is 21.8. The van der Waals surface area contributed by atoms with Crippen LogP contribution in [0.3, 0.4) is 0 Å². The first-order valence-corrected chi connectivity index (χ1v) is 13.6. The fourth-order valence-electron chi connectivity index (χ4n) is 3.98. The van der Waals surface area contributed by atoms with Crippen molar-refractivity contribution in [3.8, 4) is 29.5 Å². The highest BCUT2D eigenvalue weighted by molar-refractivity contribution is 7.88. The first kappa shape index (κ1) is 25.9. The SMILES string of the molecule is Cc1cc(C#CC=C2CCN(S(C)(=O)=O)CC2)cc(C)c1Oc1ccnc(Nc2ccc(C#N)cc2)n1. The van der Waals surface area contributed by atoms with Gasteiger partial charge in [-0.15, -0.1) is 0 Å². The largest absolute Gasteiger partial charge is 0.438 e. The van der Waals surface area contributed by atoms with Gasteiger partial charge in [-0.25, -0.2) is 17.7 Å². The Kier molecular flexibility index (Phi) is 7.88. The second kappa shape index (κ2) is 11.3. The van der Waals surface area contributed by atoms with E-state index in [4.69, 9.17) is 10.00 Å². The number of hydrogen-bond acceptors (Lipinski definition) is 7. The summed E-state index contributed by atoms with van der Waals surface area (Å²) < 4.78 is 30.9. The molecule has 37 heavy (non-hydrogen) atoms. The van der Waals surface area contributed by atoms with Crippen LogP contribution in [-0.4, -0.2) is 42.0 Å². The highest BCUT2D eigenvalue weighted by Crippen LogP contribution is 2.29. The van der Waals surface area contributed by atoms with Crippen LogP contribution in [0, 0.1) is 37.0 Å². The Morgan fingerprint density at radius 2 is 1.73 bits per heavy atom. The molecule has 0 unspecified atom stereocenters. The van der Waals surface area contributed by atoms with E-state index in [0.717, 1.165) is 28.0 Å². The van der Waals surface area contributed by atoms with Crippen molar-refractivity contribution < 1.29 is 13.2 Å². The molecular weight excluding hydrogens is 486 g/mol. The van der Waals surface area contributed by atoms with Gasteiger partial charge in [0.1, 0.15) is 5.75 Å². The number of nitrogens with zero attached hydrogens (tertiary/aromatic N) is 4. The Labute approximate surface area is 217 Å². The van der Waals surface area contributed by atoms with Crippen LogP contribution in [0.1, 0.15) is 35.1 Å². The number of benzene rings is 2. The van der Waals surface area contributed by atoms with Gasteiger partial charge in [-0.05, 0) is 80.3 Å². The number of nitriles is 1. The quantitative estimate of drug-likeness (QED) is 0.487. The molecule has 188 valence electrons. The number of anilines is 2. The Balaban J connectivity index is 1.43. The molecular formula is C28H27N5O3S. The van der Waals surface area contributed by atoms with Crippen molar-refractivity contribution >= 4 is 21.7 Å². The second-order valence-corrected chi connectivity index (χ2v) is 10.8. The molecule has 0 spiro atoms. The summed E-state index contributed by atoms with van der Waals surface area (Å²) in [7, 11) is -3.13. The van der Waals surface area contributed by atoms with E-state index in [1.54, 1.807) is 36.5 Å². The number of allylic oxidation sites excluding steroid dienone is 1. The zero-order chi connectivity index (χ0) is 26.4. The fourth-order valence-corrected chi connectivity index (χ4v) is 4.82. The van der Waals surface area contributed by atoms with Crippen LogP contribution < -0.4 is 10.1 Å². The van der Waals surface area contributed by atoms with E-state index in [1.807, 2.05) is 32.1 Å². The molecule has 9 heteroatoms. The lowest BCUT2D eigenvalue weighted by Crippen LogP contribution is -2.35. The minimum Gasteiger partial charge on any atom is -0.438 e. The molecule has 0 atom stereocenters. The normalized spacial score (nSPS) is 13.7. The van der Waals surface area contributed by atoms with E-state index in [2.05, 4.69) is 33.2 Å². The van der Waals surface area contributed by atoms with Crippen LogP contribution in [0.5, 0.6) is 11.6 Å². The molecule has 2 heterocycles. The van der Waals surface area contributed by atoms with Crippen molar-refractivity contribution in [2.45, 2.75) is 26.7 Å². The lowest BCUT2D eigenvalue weighted by atomic mass is 10.0. The zero-order valence-electron chi connectivity index (χ0n) is 20.9. The second-order valence-electron chi connectivity index (χ2n) is 8.81. The predicted octanol–water partition coefficient (Wildman–Crippen LogP) is 4.83. The summed E-state index contributed by atoms with van der Waals surface area (Å²) >= 11 is 0. The lowest BCUT2D eigenvalue weighted by Gasteiger charge is -2.25. The van der Waals surface area contributed by atoms with E-state index < -0.39 is 10.0 Å². The minimum absolute atomic E-state index is 0.385. The van der Waals surface area contributed by atoms with Gasteiger partial charge in [-0.3, -0.25) is 0 Å². The maximum atomic E-state index is 11.7. The summed E-state index contributed by atoms with van der Waals surface area (Å²) in [5.41, 5.74) is 5.24. The third-order valence-corrected chi connectivity index (χ3v) is 7.20. The third kappa shape index (κ3) is 6.95. The average molecular weight is 514 g/mol. The van der Waals surface area contributed by atoms with Crippen LogP contribution in [0.15, 0.2) is 60.3 Å². The lowest BCUT2D eigenvalue weighted by molar-refractivity contribution is 0.390. The van der Waals surface area contributed by atoms with Crippen LogP contribution in [0.4, 0.5) is 11.6 Å². The molecule has 1 fully saturated rings. The first-order valence-electron chi connectivity index (χ1n) is 11.8. The number of rotatable bonds is 5. The minimum atomic E-state index is -3.13. The Bertz CT molecular complexity index is 1510. The number of aryl methyl sites for hydroxylation is 2. The number of sulfonamides is 1. The van der Waals surface area contributed by atoms with Crippen molar-refractivity contribution in [2.24, 2.45) is 0 Å². The highest BCUT2D eigenvalue weighted by atomic mass is 32.2. The monoisotopic (exact) mass is 513 g/mol. The summed E-state index contributed by atoms with van der Waals surface area (Å²) in [4.78, 5) is 8.69. The van der Waals surface area contributed by atoms with Crippen molar-refractivity contribution in [2.75, 3.05) is 24.7 Å². The summed E-state index contributed by atoms with van der Waals surface area (Å²) in [6, 6.07) is 14.7. The Morgan fingerprint density at radius 1 is 1.05 bits per heavy atom. The maximum absolute atomic E-state index is 11.7. The topological polar surface area (TPSA) is 108 Å². The van der Waals surface area contributed by atoms with Crippen LogP contribution in [0.2, 0.25) is 0 Å². The first-order chi connectivity index (χ1) is 17.7. The van der Waals surface area contributed by atoms with Gasteiger partial charge in [0.25, 0.3) is 0 Å². The van der Waals surface area contributed by atoms with E-state index in [1.165, 1.54) is 10.6 Å². The highest BCUT2D eigenvalue weighted by Gasteiger charge is 2.20. The van der Waals surface area contributed by atoms with Gasteiger partial charge < -0.3 is 10.1 Å². The molecule has 1 saturated heterocycles. The molecule has 2 aromatic carbocycles. The summed E-state index contributed by atoms with van der Waals surface area (Å²) in [5.74, 6) is 7.80. The van der Waals surface area contributed by atoms with Gasteiger partial charge in [0, 0.05) is 36.6 Å². The molecule has 1 aromatic heterocycles. The average Bonchev–Trinajstić information content (AvgIpc) is 2.87. The molecule has 0 saturated carbocycles. The fraction of sp³-hybridized carbons (Fsp3) is 0.250. The molecule has 0 radical (unpaired) electrons. The van der Waals surface area contributed by atoms with E-state index in [9.17, 15) is 8.42 Å². The smallest absolute Gasteiger partial charge is 0.230 e. The molecule has 0 bridgehead atoms. The van der Waals surface area contributed by atoms with E-state index in [-0.39, 0.29) is 0 Å². The standard InChI is InChI=1S/C28H27N5O3S/c1-20-17-24(6-4-5-22-12-15-33(16-13-22)37(3,34)35)18-21(2)27(20)36-26-11-14-30-28(32-26)31-25-9-7-23(19-29)8-10-25/h5,7-11,14,17-18H,12-13,15-16H2,1-3H3,(H,30,31,32). The maximum Gasteiger partial charge on any atom is 0.230 e. The summed E-state index contributed by atoms with van der Waals surface area (Å²) in [6.45, 7) is 4.93. The van der Waals surface area contributed by atoms with Crippen molar-refractivity contribution in [1.82, 2.24) is 14.3 Å². The number of hydrogen-bond donors (Lipinski definition) is 1. The van der Waals surface area contributed by atoms with Crippen LogP contribution in [0.25, 0.3) is 0 Å². The molecule has 1 N–H and O–H groups in total. The Hall–Kier alpha value is -4.18. The van der Waals surface area contributed by atoms with Gasteiger partial charge >= 0.3 is 0 Å². The van der Waals surface area contributed by atoms with Gasteiger partial charge in [0.2, 0.25) is 21.9 Å². The van der Waals surface area contributed by atoms with Gasteiger partial charge in [-0.2, -0.15) is 10.2 Å². The van der Waals surface area contributed by atoms with Crippen molar-refractivity contribution in [3.05, 3.63) is 82.6 Å². The molecule has 0 amide bonds. The molecule has 1 aliphatic heterocycles. The van der Waals surface area contributed by atoms with Crippen LogP contribution in [-0.2, 0) is 10.0 Å². The summed E-state index contributed by atoms with van der Waals surface area (Å²) in [6.07, 6.45) is 6.17. The number of aromatic nitrogens is 2. The molecule has 3 aromatic rings. The third-order valence-electron chi connectivity index (χ3n) is 5.89. The number of piperidine rings is 1. The molecule has 0 aliphatic carbocycles. The molecule has 1 aliphatic rings. The van der Waals surface area contributed by atoms with Crippen molar-refractivity contribution in [1.29, 1.82) is 5.26 Å². The molecule has 8 nitrogen and oxygen atoms in total. The van der Waals surface area contributed by atoms with Gasteiger partial charge in [-0.1, -0.05) is 17.4 Å². The van der Waals surface area contributed by atoms with Crippen LogP contribution >= 0.6 is 0 Å². The number of nitrogens with one attached hydrogen (secondary N) is 1. The Morgan fingerprint density at radius 3 is 2.35 bits per heavy atom. The predicted molar refractivity (Wildman–Crippen MR) is 143 cm³/mol. The number of ether oxygens (including phenoxy) is 1.